The molecule has 7 nitrogen and oxygen atoms in total. The fourth-order valence-corrected chi connectivity index (χ4v) is 6.53. The Morgan fingerprint density at radius 1 is 1.05 bits per heavy atom. The SMILES string of the molecule is CCOC(=O)C1=C(C)N=c2s/c(=C/c3cc(C)n(-c4ccc(C)c(C)c4)c3C)c(=O)n2[C@@H]1c1ccccc1OC(C)C. The third-order valence-electron chi connectivity index (χ3n) is 7.60. The van der Waals surface area contributed by atoms with Gasteiger partial charge in [0, 0.05) is 22.6 Å². The standard InChI is InChI=1S/C34H37N3O4S/c1-9-40-33(39)30-23(7)35-34-37(31(30)27-12-10-11-13-28(27)41-19(2)3)32(38)29(42-34)18-25-17-22(6)36(24(25)8)26-15-14-20(4)21(5)16-26/h10-19,31H,9H2,1-8H3/b29-18+/t31-/m1/s1. The lowest BCUT2D eigenvalue weighted by Crippen LogP contribution is -2.40. The monoisotopic (exact) mass is 583 g/mol. The summed E-state index contributed by atoms with van der Waals surface area (Å²) in [5, 5.41) is 0. The van der Waals surface area contributed by atoms with E-state index in [0.29, 0.717) is 31.9 Å². The first-order valence-corrected chi connectivity index (χ1v) is 15.0. The summed E-state index contributed by atoms with van der Waals surface area (Å²) in [6, 6.07) is 15.3. The van der Waals surface area contributed by atoms with E-state index in [2.05, 4.69) is 56.5 Å². The van der Waals surface area contributed by atoms with Crippen molar-refractivity contribution in [2.24, 2.45) is 4.99 Å². The van der Waals surface area contributed by atoms with Crippen LogP contribution in [0, 0.1) is 27.7 Å². The third kappa shape index (κ3) is 5.27. The van der Waals surface area contributed by atoms with Crippen molar-refractivity contribution in [3.05, 3.63) is 113 Å². The Balaban J connectivity index is 1.71. The second-order valence-electron chi connectivity index (χ2n) is 10.9. The van der Waals surface area contributed by atoms with E-state index in [1.807, 2.05) is 44.2 Å². The molecule has 0 fully saturated rings. The van der Waals surface area contributed by atoms with Crippen LogP contribution in [0.3, 0.4) is 0 Å². The molecule has 0 radical (unpaired) electrons. The van der Waals surface area contributed by atoms with Crippen LogP contribution in [0.5, 0.6) is 5.75 Å². The summed E-state index contributed by atoms with van der Waals surface area (Å²) in [6.45, 7) is 16.0. The molecule has 4 aromatic rings. The predicted octanol–water partition coefficient (Wildman–Crippen LogP) is 5.61. The topological polar surface area (TPSA) is 74.8 Å². The zero-order chi connectivity index (χ0) is 30.3. The molecule has 2 aromatic heterocycles. The maximum absolute atomic E-state index is 14.2. The molecular weight excluding hydrogens is 546 g/mol. The average Bonchev–Trinajstić information content (AvgIpc) is 3.39. The van der Waals surface area contributed by atoms with Gasteiger partial charge in [-0.2, -0.15) is 0 Å². The molecule has 0 saturated carbocycles. The Morgan fingerprint density at radius 3 is 2.48 bits per heavy atom. The van der Waals surface area contributed by atoms with Gasteiger partial charge < -0.3 is 14.0 Å². The molecule has 0 saturated heterocycles. The number of carbonyl (C=O) groups excluding carboxylic acids is 1. The van der Waals surface area contributed by atoms with Crippen LogP contribution in [-0.2, 0) is 9.53 Å². The van der Waals surface area contributed by atoms with E-state index in [1.165, 1.54) is 22.5 Å². The van der Waals surface area contributed by atoms with Crippen molar-refractivity contribution in [1.29, 1.82) is 0 Å². The maximum Gasteiger partial charge on any atom is 0.338 e. The first kappa shape index (κ1) is 29.3. The largest absolute Gasteiger partial charge is 0.491 e. The highest BCUT2D eigenvalue weighted by Gasteiger charge is 2.35. The van der Waals surface area contributed by atoms with Crippen LogP contribution < -0.4 is 19.6 Å². The van der Waals surface area contributed by atoms with Gasteiger partial charge in [0.2, 0.25) is 0 Å². The minimum Gasteiger partial charge on any atom is -0.491 e. The summed E-state index contributed by atoms with van der Waals surface area (Å²) in [6.07, 6.45) is 1.84. The molecule has 0 unspecified atom stereocenters. The molecule has 0 N–H and O–H groups in total. The summed E-state index contributed by atoms with van der Waals surface area (Å²) >= 11 is 1.32. The lowest BCUT2D eigenvalue weighted by atomic mass is 9.95. The number of allylic oxidation sites excluding steroid dienone is 1. The van der Waals surface area contributed by atoms with Gasteiger partial charge in [0.25, 0.3) is 5.56 Å². The van der Waals surface area contributed by atoms with E-state index in [4.69, 9.17) is 14.5 Å². The van der Waals surface area contributed by atoms with E-state index in [9.17, 15) is 9.59 Å². The van der Waals surface area contributed by atoms with Crippen LogP contribution in [0.15, 0.2) is 69.6 Å². The van der Waals surface area contributed by atoms with Crippen LogP contribution in [-0.4, -0.2) is 27.8 Å². The van der Waals surface area contributed by atoms with E-state index in [-0.39, 0.29) is 18.3 Å². The lowest BCUT2D eigenvalue weighted by Gasteiger charge is -2.26. The Kier molecular flexibility index (Phi) is 8.10. The van der Waals surface area contributed by atoms with Crippen molar-refractivity contribution in [2.75, 3.05) is 6.61 Å². The van der Waals surface area contributed by atoms with Gasteiger partial charge in [-0.25, -0.2) is 9.79 Å². The second kappa shape index (κ2) is 11.6. The maximum atomic E-state index is 14.2. The number of thiazole rings is 1. The van der Waals surface area contributed by atoms with E-state index < -0.39 is 12.0 Å². The van der Waals surface area contributed by atoms with Crippen molar-refractivity contribution >= 4 is 23.4 Å². The molecule has 0 bridgehead atoms. The van der Waals surface area contributed by atoms with E-state index in [0.717, 1.165) is 22.6 Å². The average molecular weight is 584 g/mol. The fourth-order valence-electron chi connectivity index (χ4n) is 5.49. The molecule has 1 aliphatic heterocycles. The van der Waals surface area contributed by atoms with Gasteiger partial charge in [-0.3, -0.25) is 9.36 Å². The Bertz CT molecular complexity index is 1910. The van der Waals surface area contributed by atoms with Crippen LogP contribution in [0.25, 0.3) is 11.8 Å². The van der Waals surface area contributed by atoms with Crippen molar-refractivity contribution in [1.82, 2.24) is 9.13 Å². The van der Waals surface area contributed by atoms with Crippen molar-refractivity contribution < 1.29 is 14.3 Å². The van der Waals surface area contributed by atoms with E-state index in [1.54, 1.807) is 18.4 Å². The zero-order valence-electron chi connectivity index (χ0n) is 25.4. The van der Waals surface area contributed by atoms with Gasteiger partial charge in [0.1, 0.15) is 11.8 Å². The van der Waals surface area contributed by atoms with Crippen molar-refractivity contribution in [3.63, 3.8) is 0 Å². The molecule has 218 valence electrons. The number of ether oxygens (including phenoxy) is 2. The van der Waals surface area contributed by atoms with E-state index >= 15 is 0 Å². The number of carbonyl (C=O) groups is 1. The number of benzene rings is 2. The number of rotatable bonds is 7. The van der Waals surface area contributed by atoms with Crippen molar-refractivity contribution in [2.45, 2.75) is 67.5 Å². The molecule has 8 heteroatoms. The quantitative estimate of drug-likeness (QED) is 0.265. The van der Waals surface area contributed by atoms with Crippen LogP contribution >= 0.6 is 11.3 Å². The number of nitrogens with zero attached hydrogens (tertiary/aromatic N) is 3. The second-order valence-corrected chi connectivity index (χ2v) is 11.9. The number of esters is 1. The minimum absolute atomic E-state index is 0.0920. The van der Waals surface area contributed by atoms with Gasteiger partial charge in [0.15, 0.2) is 4.80 Å². The Morgan fingerprint density at radius 2 is 1.79 bits per heavy atom. The Labute approximate surface area is 250 Å². The highest BCUT2D eigenvalue weighted by molar-refractivity contribution is 7.07. The molecule has 0 amide bonds. The van der Waals surface area contributed by atoms with Crippen molar-refractivity contribution in [3.8, 4) is 11.4 Å². The fraction of sp³-hybridized carbons (Fsp3) is 0.324. The van der Waals surface area contributed by atoms with Gasteiger partial charge in [0.05, 0.1) is 28.5 Å². The smallest absolute Gasteiger partial charge is 0.338 e. The molecule has 42 heavy (non-hydrogen) atoms. The van der Waals surface area contributed by atoms with Gasteiger partial charge >= 0.3 is 5.97 Å². The minimum atomic E-state index is -0.736. The molecule has 0 aliphatic carbocycles. The molecule has 3 heterocycles. The Hall–Kier alpha value is -4.17. The number of aryl methyl sites for hydroxylation is 3. The molecule has 2 aromatic carbocycles. The first-order valence-electron chi connectivity index (χ1n) is 14.2. The highest BCUT2D eigenvalue weighted by atomic mass is 32.1. The molecule has 0 spiro atoms. The summed E-state index contributed by atoms with van der Waals surface area (Å²) in [4.78, 5) is 32.7. The summed E-state index contributed by atoms with van der Waals surface area (Å²) in [5.74, 6) is 0.120. The normalized spacial score (nSPS) is 15.2. The molecule has 1 atom stereocenters. The number of fused-ring (bicyclic) bond motifs is 1. The zero-order valence-corrected chi connectivity index (χ0v) is 26.3. The van der Waals surface area contributed by atoms with Crippen LogP contribution in [0.4, 0.5) is 0 Å². The highest BCUT2D eigenvalue weighted by Crippen LogP contribution is 2.36. The van der Waals surface area contributed by atoms with Gasteiger partial charge in [-0.1, -0.05) is 35.6 Å². The molecular formula is C34H37N3O4S. The lowest BCUT2D eigenvalue weighted by molar-refractivity contribution is -0.139. The van der Waals surface area contributed by atoms with Gasteiger partial charge in [-0.05, 0) is 102 Å². The summed E-state index contributed by atoms with van der Waals surface area (Å²) < 4.78 is 16.0. The first-order chi connectivity index (χ1) is 20.0. The third-order valence-corrected chi connectivity index (χ3v) is 8.58. The molecule has 1 aliphatic rings. The predicted molar refractivity (Wildman–Crippen MR) is 167 cm³/mol. The van der Waals surface area contributed by atoms with Gasteiger partial charge in [-0.15, -0.1) is 0 Å². The van der Waals surface area contributed by atoms with Crippen LogP contribution in [0.1, 0.15) is 67.4 Å². The summed E-state index contributed by atoms with van der Waals surface area (Å²) in [7, 11) is 0. The number of para-hydroxylation sites is 1. The number of hydrogen-bond acceptors (Lipinski definition) is 6. The molecule has 5 rings (SSSR count). The number of hydrogen-bond donors (Lipinski definition) is 0. The van der Waals surface area contributed by atoms with Crippen LogP contribution in [0.2, 0.25) is 0 Å². The summed E-state index contributed by atoms with van der Waals surface area (Å²) in [5.41, 5.74) is 7.99. The number of aromatic nitrogens is 2.